The molecule has 1 N–H and O–H groups in total. The summed E-state index contributed by atoms with van der Waals surface area (Å²) in [4.78, 5) is 19.7. The highest BCUT2D eigenvalue weighted by molar-refractivity contribution is 5.99. The monoisotopic (exact) mass is 363 g/mol. The second-order valence-electron chi connectivity index (χ2n) is 7.27. The van der Waals surface area contributed by atoms with E-state index in [-0.39, 0.29) is 11.9 Å². The van der Waals surface area contributed by atoms with Crippen molar-refractivity contribution in [2.45, 2.75) is 38.8 Å². The fourth-order valence-corrected chi connectivity index (χ4v) is 3.76. The summed E-state index contributed by atoms with van der Waals surface area (Å²) < 4.78 is 1.64. The number of rotatable bonds is 4. The van der Waals surface area contributed by atoms with Crippen LogP contribution in [0.5, 0.6) is 0 Å². The molecule has 1 fully saturated rings. The minimum atomic E-state index is -0.0855. The van der Waals surface area contributed by atoms with Gasteiger partial charge < -0.3 is 5.32 Å². The van der Waals surface area contributed by atoms with Crippen LogP contribution in [-0.2, 0) is 0 Å². The van der Waals surface area contributed by atoms with Gasteiger partial charge in [0, 0.05) is 37.1 Å². The van der Waals surface area contributed by atoms with Gasteiger partial charge >= 0.3 is 0 Å². The van der Waals surface area contributed by atoms with E-state index in [2.05, 4.69) is 57.6 Å². The molecule has 1 aliphatic heterocycles. The summed E-state index contributed by atoms with van der Waals surface area (Å²) >= 11 is 0. The second kappa shape index (κ2) is 7.48. The highest BCUT2D eigenvalue weighted by Gasteiger charge is 2.25. The van der Waals surface area contributed by atoms with Crippen molar-refractivity contribution in [3.05, 3.63) is 65.6 Å². The molecule has 1 aliphatic rings. The zero-order chi connectivity index (χ0) is 18.8. The minimum absolute atomic E-state index is 0.0855. The number of nitrogens with zero attached hydrogens (tertiary/aromatic N) is 4. The van der Waals surface area contributed by atoms with Crippen molar-refractivity contribution in [2.24, 2.45) is 0 Å². The van der Waals surface area contributed by atoms with Gasteiger partial charge in [-0.05, 0) is 38.3 Å². The van der Waals surface area contributed by atoms with Gasteiger partial charge in [0.2, 0.25) is 0 Å². The van der Waals surface area contributed by atoms with Gasteiger partial charge in [0.05, 0.1) is 6.20 Å². The topological polar surface area (TPSA) is 62.5 Å². The van der Waals surface area contributed by atoms with Crippen molar-refractivity contribution in [3.8, 4) is 0 Å². The third kappa shape index (κ3) is 3.71. The van der Waals surface area contributed by atoms with Crippen molar-refractivity contribution >= 4 is 11.6 Å². The molecule has 1 amide bonds. The number of fused-ring (bicyclic) bond motifs is 1. The summed E-state index contributed by atoms with van der Waals surface area (Å²) in [6.45, 7) is 6.12. The lowest BCUT2D eigenvalue weighted by Gasteiger charge is -2.36. The first-order chi connectivity index (χ1) is 13.1. The van der Waals surface area contributed by atoms with Gasteiger partial charge in [-0.3, -0.25) is 9.69 Å². The van der Waals surface area contributed by atoms with Crippen molar-refractivity contribution in [1.82, 2.24) is 24.8 Å². The molecule has 0 spiro atoms. The summed E-state index contributed by atoms with van der Waals surface area (Å²) in [6, 6.07) is 13.1. The predicted octanol–water partition coefficient (Wildman–Crippen LogP) is 2.99. The van der Waals surface area contributed by atoms with E-state index >= 15 is 0 Å². The molecule has 1 unspecified atom stereocenters. The number of amides is 1. The molecule has 1 aromatic carbocycles. The molecule has 140 valence electrons. The summed E-state index contributed by atoms with van der Waals surface area (Å²) in [5.74, 6) is -0.0855. The van der Waals surface area contributed by atoms with E-state index in [1.54, 1.807) is 10.7 Å². The zero-order valence-corrected chi connectivity index (χ0v) is 15.8. The molecule has 0 saturated carbocycles. The fourth-order valence-electron chi connectivity index (χ4n) is 3.76. The number of carbonyl (C=O) groups excluding carboxylic acids is 1. The lowest BCUT2D eigenvalue weighted by Crippen LogP contribution is -2.45. The molecule has 0 bridgehead atoms. The third-order valence-electron chi connectivity index (χ3n) is 5.45. The van der Waals surface area contributed by atoms with E-state index in [1.165, 1.54) is 5.56 Å². The number of aryl methyl sites for hydroxylation is 1. The lowest BCUT2D eigenvalue weighted by atomic mass is 10.00. The molecule has 2 aromatic heterocycles. The quantitative estimate of drug-likeness (QED) is 0.774. The van der Waals surface area contributed by atoms with Gasteiger partial charge in [-0.1, -0.05) is 30.3 Å². The van der Waals surface area contributed by atoms with Crippen LogP contribution in [-0.4, -0.2) is 44.5 Å². The molecule has 3 heterocycles. The zero-order valence-electron chi connectivity index (χ0n) is 15.8. The first-order valence-corrected chi connectivity index (χ1v) is 9.52. The predicted molar refractivity (Wildman–Crippen MR) is 105 cm³/mol. The Morgan fingerprint density at radius 3 is 2.67 bits per heavy atom. The summed E-state index contributed by atoms with van der Waals surface area (Å²) in [7, 11) is 0. The molecule has 0 aliphatic carbocycles. The van der Waals surface area contributed by atoms with Crippen LogP contribution in [0.25, 0.3) is 5.65 Å². The molecule has 6 nitrogen and oxygen atoms in total. The van der Waals surface area contributed by atoms with E-state index in [0.717, 1.165) is 31.6 Å². The van der Waals surface area contributed by atoms with Gasteiger partial charge in [0.25, 0.3) is 5.91 Å². The first-order valence-electron chi connectivity index (χ1n) is 9.52. The third-order valence-corrected chi connectivity index (χ3v) is 5.45. The summed E-state index contributed by atoms with van der Waals surface area (Å²) in [5, 5.41) is 7.40. The highest BCUT2D eigenvalue weighted by atomic mass is 16.1. The minimum Gasteiger partial charge on any atom is -0.349 e. The first kappa shape index (κ1) is 17.7. The Kier molecular flexibility index (Phi) is 4.90. The SMILES string of the molecule is Cc1ccn2ncc(C(=O)NC3CCN(C(C)c4ccccc4)CC3)c2n1. The van der Waals surface area contributed by atoms with Crippen LogP contribution in [0.2, 0.25) is 0 Å². The van der Waals surface area contributed by atoms with Crippen LogP contribution >= 0.6 is 0 Å². The van der Waals surface area contributed by atoms with Gasteiger partial charge in [-0.15, -0.1) is 0 Å². The molecule has 6 heteroatoms. The van der Waals surface area contributed by atoms with E-state index in [4.69, 9.17) is 0 Å². The van der Waals surface area contributed by atoms with Crippen LogP contribution in [0.1, 0.15) is 47.4 Å². The van der Waals surface area contributed by atoms with Crippen LogP contribution in [0.15, 0.2) is 48.8 Å². The lowest BCUT2D eigenvalue weighted by molar-refractivity contribution is 0.0897. The van der Waals surface area contributed by atoms with Crippen molar-refractivity contribution in [2.75, 3.05) is 13.1 Å². The number of hydrogen-bond acceptors (Lipinski definition) is 4. The van der Waals surface area contributed by atoms with Crippen molar-refractivity contribution in [3.63, 3.8) is 0 Å². The molecular formula is C21H25N5O. The Morgan fingerprint density at radius 1 is 1.19 bits per heavy atom. The maximum absolute atomic E-state index is 12.7. The van der Waals surface area contributed by atoms with Crippen LogP contribution < -0.4 is 5.32 Å². The van der Waals surface area contributed by atoms with Crippen molar-refractivity contribution in [1.29, 1.82) is 0 Å². The maximum Gasteiger partial charge on any atom is 0.256 e. The Balaban J connectivity index is 1.37. The number of nitrogens with one attached hydrogen (secondary N) is 1. The summed E-state index contributed by atoms with van der Waals surface area (Å²) in [6.07, 6.45) is 5.34. The Bertz CT molecular complexity index is 928. The molecule has 3 aromatic rings. The van der Waals surface area contributed by atoms with E-state index in [0.29, 0.717) is 17.3 Å². The largest absolute Gasteiger partial charge is 0.349 e. The average Bonchev–Trinajstić information content (AvgIpc) is 3.12. The number of benzene rings is 1. The Morgan fingerprint density at radius 2 is 1.93 bits per heavy atom. The Hall–Kier alpha value is -2.73. The fraction of sp³-hybridized carbons (Fsp3) is 0.381. The van der Waals surface area contributed by atoms with E-state index in [9.17, 15) is 4.79 Å². The van der Waals surface area contributed by atoms with Gasteiger partial charge in [-0.25, -0.2) is 9.50 Å². The second-order valence-corrected chi connectivity index (χ2v) is 7.27. The molecule has 27 heavy (non-hydrogen) atoms. The molecule has 1 atom stereocenters. The smallest absolute Gasteiger partial charge is 0.256 e. The number of hydrogen-bond donors (Lipinski definition) is 1. The van der Waals surface area contributed by atoms with Gasteiger partial charge in [0.15, 0.2) is 5.65 Å². The maximum atomic E-state index is 12.7. The number of carbonyl (C=O) groups is 1. The normalized spacial score (nSPS) is 17.1. The standard InChI is InChI=1S/C21H25N5O/c1-15-8-13-26-20(23-15)19(14-22-26)21(27)24-18-9-11-25(12-10-18)16(2)17-6-4-3-5-7-17/h3-8,13-14,16,18H,9-12H2,1-2H3,(H,24,27). The molecule has 4 rings (SSSR count). The van der Waals surface area contributed by atoms with E-state index in [1.807, 2.05) is 19.2 Å². The van der Waals surface area contributed by atoms with Crippen LogP contribution in [0.3, 0.4) is 0 Å². The average molecular weight is 363 g/mol. The summed E-state index contributed by atoms with van der Waals surface area (Å²) in [5.41, 5.74) is 3.37. The molecule has 1 saturated heterocycles. The van der Waals surface area contributed by atoms with E-state index < -0.39 is 0 Å². The number of piperidine rings is 1. The van der Waals surface area contributed by atoms with Gasteiger partial charge in [0.1, 0.15) is 5.56 Å². The Labute approximate surface area is 159 Å². The van der Waals surface area contributed by atoms with Crippen LogP contribution in [0, 0.1) is 6.92 Å². The van der Waals surface area contributed by atoms with Crippen molar-refractivity contribution < 1.29 is 4.79 Å². The number of likely N-dealkylation sites (tertiary alicyclic amines) is 1. The van der Waals surface area contributed by atoms with Crippen LogP contribution in [0.4, 0.5) is 0 Å². The molecule has 0 radical (unpaired) electrons. The number of aromatic nitrogens is 3. The highest BCUT2D eigenvalue weighted by Crippen LogP contribution is 2.24. The molecular weight excluding hydrogens is 338 g/mol. The van der Waals surface area contributed by atoms with Gasteiger partial charge in [-0.2, -0.15) is 5.10 Å².